The topological polar surface area (TPSA) is 24.3 Å². The van der Waals surface area contributed by atoms with Crippen LogP contribution in [0.1, 0.15) is 5.56 Å². The fourth-order valence-electron chi connectivity index (χ4n) is 3.35. The molecule has 4 rings (SSSR count). The van der Waals surface area contributed by atoms with E-state index in [1.165, 1.54) is 12.1 Å². The van der Waals surface area contributed by atoms with Crippen molar-refractivity contribution in [2.45, 2.75) is 12.8 Å². The molecule has 0 aliphatic carbocycles. The second-order valence-electron chi connectivity index (χ2n) is 6.50. The fourth-order valence-corrected chi connectivity index (χ4v) is 3.35. The van der Waals surface area contributed by atoms with E-state index in [1.807, 2.05) is 40.0 Å². The number of hydrogen-bond acceptors (Lipinski definition) is 3. The largest absolute Gasteiger partial charge is 0.416 e. The summed E-state index contributed by atoms with van der Waals surface area (Å²) in [6.45, 7) is 3.64. The highest BCUT2D eigenvalue weighted by molar-refractivity contribution is 5.78. The van der Waals surface area contributed by atoms with Crippen LogP contribution in [0.4, 0.5) is 18.9 Å². The molecule has 0 atom stereocenters. The lowest BCUT2D eigenvalue weighted by Gasteiger charge is -2.36. The van der Waals surface area contributed by atoms with Crippen LogP contribution >= 0.6 is 0 Å². The Morgan fingerprint density at radius 2 is 1.69 bits per heavy atom. The van der Waals surface area contributed by atoms with Crippen molar-refractivity contribution in [1.29, 1.82) is 0 Å². The van der Waals surface area contributed by atoms with E-state index >= 15 is 0 Å². The molecule has 0 amide bonds. The first-order chi connectivity index (χ1) is 12.5. The molecule has 1 aliphatic heterocycles. The number of aromatic nitrogens is 2. The molecule has 1 aromatic heterocycles. The summed E-state index contributed by atoms with van der Waals surface area (Å²) in [4.78, 5) is 4.27. The molecule has 1 aliphatic rings. The third kappa shape index (κ3) is 3.39. The Labute approximate surface area is 149 Å². The summed E-state index contributed by atoms with van der Waals surface area (Å²) in [5.41, 5.74) is 1.12. The Kier molecular flexibility index (Phi) is 4.32. The number of para-hydroxylation sites is 1. The zero-order chi connectivity index (χ0) is 18.1. The molecule has 1 fully saturated rings. The molecule has 0 radical (unpaired) electrons. The van der Waals surface area contributed by atoms with E-state index in [-0.39, 0.29) is 0 Å². The Balaban J connectivity index is 1.41. The van der Waals surface area contributed by atoms with Gasteiger partial charge >= 0.3 is 6.18 Å². The van der Waals surface area contributed by atoms with Gasteiger partial charge in [0.15, 0.2) is 0 Å². The number of fused-ring (bicyclic) bond motifs is 1. The summed E-state index contributed by atoms with van der Waals surface area (Å²) in [6.07, 6.45) is -2.45. The second kappa shape index (κ2) is 6.64. The third-order valence-electron chi connectivity index (χ3n) is 4.80. The molecule has 0 N–H and O–H groups in total. The highest BCUT2D eigenvalue weighted by Crippen LogP contribution is 2.31. The Morgan fingerprint density at radius 1 is 0.923 bits per heavy atom. The molecule has 2 heterocycles. The van der Waals surface area contributed by atoms with Crippen LogP contribution in [0.2, 0.25) is 0 Å². The van der Waals surface area contributed by atoms with Gasteiger partial charge in [0.1, 0.15) is 0 Å². The Morgan fingerprint density at radius 3 is 2.46 bits per heavy atom. The third-order valence-corrected chi connectivity index (χ3v) is 4.80. The molecule has 0 saturated carbocycles. The zero-order valence-electron chi connectivity index (χ0n) is 14.2. The minimum Gasteiger partial charge on any atom is -0.369 e. The molecule has 0 unspecified atom stereocenters. The highest BCUT2D eigenvalue weighted by atomic mass is 19.4. The first kappa shape index (κ1) is 16.9. The first-order valence-corrected chi connectivity index (χ1v) is 8.56. The van der Waals surface area contributed by atoms with Gasteiger partial charge in [-0.05, 0) is 24.3 Å². The SMILES string of the molecule is FC(F)(F)c1cccc(N2CCN(Cn3ncc4ccccc43)CC2)c1. The average molecular weight is 360 g/mol. The summed E-state index contributed by atoms with van der Waals surface area (Å²) >= 11 is 0. The van der Waals surface area contributed by atoms with Crippen LogP contribution in [0.3, 0.4) is 0 Å². The van der Waals surface area contributed by atoms with Crippen LogP contribution in [0.25, 0.3) is 10.9 Å². The lowest BCUT2D eigenvalue weighted by Crippen LogP contribution is -2.47. The van der Waals surface area contributed by atoms with Crippen LogP contribution in [-0.2, 0) is 12.8 Å². The average Bonchev–Trinajstić information content (AvgIpc) is 3.05. The van der Waals surface area contributed by atoms with Crippen molar-refractivity contribution in [3.63, 3.8) is 0 Å². The molecule has 136 valence electrons. The lowest BCUT2D eigenvalue weighted by atomic mass is 10.1. The van der Waals surface area contributed by atoms with Gasteiger partial charge in [0, 0.05) is 37.3 Å². The summed E-state index contributed by atoms with van der Waals surface area (Å²) in [5.74, 6) is 0. The molecule has 0 bridgehead atoms. The van der Waals surface area contributed by atoms with Gasteiger partial charge in [-0.15, -0.1) is 0 Å². The van der Waals surface area contributed by atoms with Crippen molar-refractivity contribution in [2.75, 3.05) is 31.1 Å². The summed E-state index contributed by atoms with van der Waals surface area (Å²) < 4.78 is 40.7. The van der Waals surface area contributed by atoms with Gasteiger partial charge in [-0.3, -0.25) is 9.58 Å². The minimum absolute atomic E-state index is 0.597. The van der Waals surface area contributed by atoms with Crippen LogP contribution < -0.4 is 4.90 Å². The van der Waals surface area contributed by atoms with Crippen molar-refractivity contribution < 1.29 is 13.2 Å². The molecule has 4 nitrogen and oxygen atoms in total. The lowest BCUT2D eigenvalue weighted by molar-refractivity contribution is -0.137. The van der Waals surface area contributed by atoms with Crippen molar-refractivity contribution in [3.8, 4) is 0 Å². The molecular weight excluding hydrogens is 341 g/mol. The van der Waals surface area contributed by atoms with E-state index in [0.717, 1.165) is 30.1 Å². The van der Waals surface area contributed by atoms with E-state index < -0.39 is 11.7 Å². The first-order valence-electron chi connectivity index (χ1n) is 8.56. The van der Waals surface area contributed by atoms with Gasteiger partial charge in [-0.1, -0.05) is 24.3 Å². The standard InChI is InChI=1S/C19H19F3N4/c20-19(21,22)16-5-3-6-17(12-16)25-10-8-24(9-11-25)14-26-18-7-2-1-4-15(18)13-23-26/h1-7,12-13H,8-11,14H2. The van der Waals surface area contributed by atoms with Crippen molar-refractivity contribution in [2.24, 2.45) is 0 Å². The van der Waals surface area contributed by atoms with Gasteiger partial charge in [0.2, 0.25) is 0 Å². The predicted molar refractivity (Wildman–Crippen MR) is 95.0 cm³/mol. The quantitative estimate of drug-likeness (QED) is 0.709. The van der Waals surface area contributed by atoms with Crippen molar-refractivity contribution in [1.82, 2.24) is 14.7 Å². The second-order valence-corrected chi connectivity index (χ2v) is 6.50. The van der Waals surface area contributed by atoms with E-state index in [9.17, 15) is 13.2 Å². The van der Waals surface area contributed by atoms with Gasteiger partial charge in [-0.25, -0.2) is 0 Å². The van der Waals surface area contributed by atoms with Crippen LogP contribution in [0.15, 0.2) is 54.7 Å². The maximum atomic E-state index is 12.9. The van der Waals surface area contributed by atoms with Crippen LogP contribution in [0, 0.1) is 0 Å². The predicted octanol–water partition coefficient (Wildman–Crippen LogP) is 3.83. The number of nitrogens with zero attached hydrogens (tertiary/aromatic N) is 4. The molecule has 0 spiro atoms. The number of rotatable bonds is 3. The molecule has 7 heteroatoms. The molecule has 3 aromatic rings. The maximum Gasteiger partial charge on any atom is 0.416 e. The fraction of sp³-hybridized carbons (Fsp3) is 0.316. The monoisotopic (exact) mass is 360 g/mol. The molecule has 2 aromatic carbocycles. The van der Waals surface area contributed by atoms with Crippen molar-refractivity contribution >= 4 is 16.6 Å². The number of hydrogen-bond donors (Lipinski definition) is 0. The number of anilines is 1. The van der Waals surface area contributed by atoms with Crippen LogP contribution in [0.5, 0.6) is 0 Å². The van der Waals surface area contributed by atoms with Gasteiger partial charge < -0.3 is 4.90 Å². The van der Waals surface area contributed by atoms with Gasteiger partial charge in [-0.2, -0.15) is 18.3 Å². The Bertz CT molecular complexity index is 895. The number of piperazine rings is 1. The molecule has 26 heavy (non-hydrogen) atoms. The summed E-state index contributed by atoms with van der Waals surface area (Å²) in [7, 11) is 0. The van der Waals surface area contributed by atoms with Crippen molar-refractivity contribution in [3.05, 3.63) is 60.3 Å². The Hall–Kier alpha value is -2.54. The van der Waals surface area contributed by atoms with Gasteiger partial charge in [0.05, 0.1) is 23.9 Å². The maximum absolute atomic E-state index is 12.9. The van der Waals surface area contributed by atoms with Gasteiger partial charge in [0.25, 0.3) is 0 Å². The van der Waals surface area contributed by atoms with Crippen LogP contribution in [-0.4, -0.2) is 40.9 Å². The van der Waals surface area contributed by atoms with E-state index in [1.54, 1.807) is 6.07 Å². The number of alkyl halides is 3. The normalized spacial score (nSPS) is 16.3. The summed E-state index contributed by atoms with van der Waals surface area (Å²) in [5, 5.41) is 5.55. The number of halogens is 3. The number of benzene rings is 2. The van der Waals surface area contributed by atoms with E-state index in [2.05, 4.69) is 10.00 Å². The summed E-state index contributed by atoms with van der Waals surface area (Å²) in [6, 6.07) is 13.6. The highest BCUT2D eigenvalue weighted by Gasteiger charge is 2.31. The minimum atomic E-state index is -4.31. The molecule has 1 saturated heterocycles. The molecular formula is C19H19F3N4. The smallest absolute Gasteiger partial charge is 0.369 e. The zero-order valence-corrected chi connectivity index (χ0v) is 14.2. The van der Waals surface area contributed by atoms with E-state index in [0.29, 0.717) is 25.4 Å². The van der Waals surface area contributed by atoms with E-state index in [4.69, 9.17) is 0 Å².